The van der Waals surface area contributed by atoms with Crippen LogP contribution >= 0.6 is 0 Å². The molecule has 1 fully saturated rings. The van der Waals surface area contributed by atoms with Crippen LogP contribution in [0.25, 0.3) is 0 Å². The van der Waals surface area contributed by atoms with Crippen molar-refractivity contribution in [1.82, 2.24) is 14.2 Å². The van der Waals surface area contributed by atoms with Crippen molar-refractivity contribution in [2.24, 2.45) is 0 Å². The largest absolute Gasteiger partial charge is 0.454 e. The quantitative estimate of drug-likeness (QED) is 0.818. The number of ether oxygens (including phenoxy) is 2. The fourth-order valence-electron chi connectivity index (χ4n) is 3.04. The number of fused-ring (bicyclic) bond motifs is 1. The molecule has 2 aromatic rings. The zero-order chi connectivity index (χ0) is 17.3. The molecular formula is C17H19N3O4S. The van der Waals surface area contributed by atoms with Crippen molar-refractivity contribution in [1.29, 1.82) is 0 Å². The highest BCUT2D eigenvalue weighted by Crippen LogP contribution is 2.34. The van der Waals surface area contributed by atoms with Gasteiger partial charge in [-0.25, -0.2) is 8.42 Å². The molecule has 0 N–H and O–H groups in total. The van der Waals surface area contributed by atoms with E-state index in [0.29, 0.717) is 37.7 Å². The lowest BCUT2D eigenvalue weighted by molar-refractivity contribution is 0.173. The number of benzene rings is 1. The first-order valence-electron chi connectivity index (χ1n) is 8.15. The van der Waals surface area contributed by atoms with Crippen LogP contribution in [0.3, 0.4) is 0 Å². The van der Waals surface area contributed by atoms with Crippen LogP contribution in [0.2, 0.25) is 0 Å². The Morgan fingerprint density at radius 3 is 2.56 bits per heavy atom. The van der Waals surface area contributed by atoms with E-state index in [2.05, 4.69) is 9.88 Å². The van der Waals surface area contributed by atoms with Gasteiger partial charge in [0.15, 0.2) is 11.5 Å². The van der Waals surface area contributed by atoms with Gasteiger partial charge in [0, 0.05) is 45.0 Å². The van der Waals surface area contributed by atoms with E-state index in [1.54, 1.807) is 18.3 Å². The first-order chi connectivity index (χ1) is 12.1. The van der Waals surface area contributed by atoms with Crippen molar-refractivity contribution in [3.05, 3.63) is 48.3 Å². The average Bonchev–Trinajstić information content (AvgIpc) is 3.11. The van der Waals surface area contributed by atoms with Gasteiger partial charge in [0.2, 0.25) is 16.8 Å². The molecule has 2 aliphatic rings. The first-order valence-corrected chi connectivity index (χ1v) is 9.59. The number of piperazine rings is 1. The van der Waals surface area contributed by atoms with Crippen LogP contribution in [-0.2, 0) is 16.6 Å². The number of aromatic nitrogens is 1. The van der Waals surface area contributed by atoms with E-state index in [-0.39, 0.29) is 11.7 Å². The van der Waals surface area contributed by atoms with Gasteiger partial charge in [0.1, 0.15) is 0 Å². The summed E-state index contributed by atoms with van der Waals surface area (Å²) in [7, 11) is -3.52. The number of pyridine rings is 1. The molecule has 0 unspecified atom stereocenters. The third-order valence-electron chi connectivity index (χ3n) is 4.42. The molecule has 2 aliphatic heterocycles. The molecule has 0 amide bonds. The van der Waals surface area contributed by atoms with Crippen LogP contribution < -0.4 is 9.47 Å². The van der Waals surface area contributed by atoms with E-state index in [1.165, 1.54) is 10.4 Å². The van der Waals surface area contributed by atoms with Crippen molar-refractivity contribution in [3.8, 4) is 11.5 Å². The number of nitrogens with zero attached hydrogens (tertiary/aromatic N) is 3. The van der Waals surface area contributed by atoms with Crippen molar-refractivity contribution in [2.75, 3.05) is 33.0 Å². The van der Waals surface area contributed by atoms with Crippen molar-refractivity contribution >= 4 is 10.0 Å². The molecular weight excluding hydrogens is 342 g/mol. The van der Waals surface area contributed by atoms with E-state index in [0.717, 1.165) is 12.2 Å². The molecule has 1 aromatic heterocycles. The topological polar surface area (TPSA) is 72.0 Å². The normalized spacial score (nSPS) is 18.4. The summed E-state index contributed by atoms with van der Waals surface area (Å²) in [6.07, 6.45) is 1.77. The Morgan fingerprint density at radius 1 is 1.00 bits per heavy atom. The molecule has 1 aromatic carbocycles. The first kappa shape index (κ1) is 16.3. The van der Waals surface area contributed by atoms with Crippen LogP contribution in [-0.4, -0.2) is 55.6 Å². The molecule has 132 valence electrons. The van der Waals surface area contributed by atoms with Gasteiger partial charge in [-0.05, 0) is 24.3 Å². The van der Waals surface area contributed by atoms with Crippen molar-refractivity contribution < 1.29 is 17.9 Å². The van der Waals surface area contributed by atoms with E-state index in [1.807, 2.05) is 18.2 Å². The summed E-state index contributed by atoms with van der Waals surface area (Å²) in [6.45, 7) is 3.15. The Hall–Kier alpha value is -2.16. The van der Waals surface area contributed by atoms with Crippen LogP contribution in [0, 0.1) is 0 Å². The van der Waals surface area contributed by atoms with E-state index >= 15 is 0 Å². The Balaban J connectivity index is 1.43. The van der Waals surface area contributed by atoms with E-state index in [9.17, 15) is 8.42 Å². The molecule has 25 heavy (non-hydrogen) atoms. The Labute approximate surface area is 146 Å². The molecule has 0 radical (unpaired) electrons. The van der Waals surface area contributed by atoms with Gasteiger partial charge in [-0.2, -0.15) is 4.31 Å². The summed E-state index contributed by atoms with van der Waals surface area (Å²) >= 11 is 0. The molecule has 0 atom stereocenters. The summed E-state index contributed by atoms with van der Waals surface area (Å²) in [5.41, 5.74) is 0.995. The summed E-state index contributed by atoms with van der Waals surface area (Å²) in [6, 6.07) is 10.6. The van der Waals surface area contributed by atoms with E-state index in [4.69, 9.17) is 9.47 Å². The fraction of sp³-hybridized carbons (Fsp3) is 0.353. The predicted octanol–water partition coefficient (Wildman–Crippen LogP) is 1.32. The second-order valence-corrected chi connectivity index (χ2v) is 7.95. The van der Waals surface area contributed by atoms with Crippen molar-refractivity contribution in [3.63, 3.8) is 0 Å². The number of sulfonamides is 1. The highest BCUT2D eigenvalue weighted by molar-refractivity contribution is 7.89. The minimum atomic E-state index is -3.52. The molecule has 3 heterocycles. The SMILES string of the molecule is O=S(=O)(c1ccc2c(c1)OCO2)N1CCN(Cc2ccccn2)CC1. The smallest absolute Gasteiger partial charge is 0.243 e. The lowest BCUT2D eigenvalue weighted by Crippen LogP contribution is -2.48. The van der Waals surface area contributed by atoms with Gasteiger partial charge in [-0.3, -0.25) is 9.88 Å². The summed E-state index contributed by atoms with van der Waals surface area (Å²) in [5, 5.41) is 0. The standard InChI is InChI=1S/C17H19N3O4S/c21-25(22,15-4-5-16-17(11-15)24-13-23-16)20-9-7-19(8-10-20)12-14-3-1-2-6-18-14/h1-6,11H,7-10,12-13H2. The summed E-state index contributed by atoms with van der Waals surface area (Å²) < 4.78 is 37.8. The molecule has 0 bridgehead atoms. The molecule has 0 saturated carbocycles. The van der Waals surface area contributed by atoms with Gasteiger partial charge >= 0.3 is 0 Å². The molecule has 0 aliphatic carbocycles. The second kappa shape index (κ2) is 6.62. The maximum absolute atomic E-state index is 12.9. The van der Waals surface area contributed by atoms with Crippen LogP contribution in [0.5, 0.6) is 11.5 Å². The second-order valence-electron chi connectivity index (χ2n) is 6.02. The van der Waals surface area contributed by atoms with Gasteiger partial charge in [-0.1, -0.05) is 6.07 Å². The Kier molecular flexibility index (Phi) is 4.32. The molecule has 7 nitrogen and oxygen atoms in total. The maximum atomic E-state index is 12.9. The monoisotopic (exact) mass is 361 g/mol. The number of hydrogen-bond donors (Lipinski definition) is 0. The highest BCUT2D eigenvalue weighted by atomic mass is 32.2. The molecule has 4 rings (SSSR count). The van der Waals surface area contributed by atoms with Crippen molar-refractivity contribution in [2.45, 2.75) is 11.4 Å². The third-order valence-corrected chi connectivity index (χ3v) is 6.32. The molecule has 1 saturated heterocycles. The van der Waals surface area contributed by atoms with Gasteiger partial charge in [-0.15, -0.1) is 0 Å². The molecule has 0 spiro atoms. The Morgan fingerprint density at radius 2 is 1.80 bits per heavy atom. The maximum Gasteiger partial charge on any atom is 0.243 e. The zero-order valence-electron chi connectivity index (χ0n) is 13.7. The zero-order valence-corrected chi connectivity index (χ0v) is 14.5. The van der Waals surface area contributed by atoms with Gasteiger partial charge in [0.25, 0.3) is 0 Å². The Bertz CT molecular complexity index is 849. The average molecular weight is 361 g/mol. The predicted molar refractivity (Wildman–Crippen MR) is 90.8 cm³/mol. The summed E-state index contributed by atoms with van der Waals surface area (Å²) in [5.74, 6) is 1.06. The van der Waals surface area contributed by atoms with Crippen LogP contribution in [0.4, 0.5) is 0 Å². The van der Waals surface area contributed by atoms with Gasteiger partial charge < -0.3 is 9.47 Å². The minimum Gasteiger partial charge on any atom is -0.454 e. The number of rotatable bonds is 4. The van der Waals surface area contributed by atoms with Crippen LogP contribution in [0.1, 0.15) is 5.69 Å². The lowest BCUT2D eigenvalue weighted by atomic mass is 10.3. The van der Waals surface area contributed by atoms with Gasteiger partial charge in [0.05, 0.1) is 10.6 Å². The summed E-state index contributed by atoms with van der Waals surface area (Å²) in [4.78, 5) is 6.78. The van der Waals surface area contributed by atoms with Crippen LogP contribution in [0.15, 0.2) is 47.5 Å². The number of hydrogen-bond acceptors (Lipinski definition) is 6. The molecule has 8 heteroatoms. The fourth-order valence-corrected chi connectivity index (χ4v) is 4.47. The highest BCUT2D eigenvalue weighted by Gasteiger charge is 2.30. The third kappa shape index (κ3) is 3.33. The minimum absolute atomic E-state index is 0.130. The lowest BCUT2D eigenvalue weighted by Gasteiger charge is -2.33. The van der Waals surface area contributed by atoms with E-state index < -0.39 is 10.0 Å².